The van der Waals surface area contributed by atoms with Gasteiger partial charge in [-0.3, -0.25) is 0 Å². The van der Waals surface area contributed by atoms with Crippen LogP contribution in [0, 0.1) is 0 Å². The van der Waals surface area contributed by atoms with Crippen LogP contribution in [-0.2, 0) is 0 Å². The van der Waals surface area contributed by atoms with E-state index in [1.54, 1.807) is 8.35 Å². The Bertz CT molecular complexity index is 106. The molecule has 0 aliphatic carbocycles. The van der Waals surface area contributed by atoms with Gasteiger partial charge in [0, 0.05) is 0 Å². The summed E-state index contributed by atoms with van der Waals surface area (Å²) in [6.07, 6.45) is 4.22. The van der Waals surface area contributed by atoms with Crippen LogP contribution >= 0.6 is 0 Å². The van der Waals surface area contributed by atoms with E-state index in [4.69, 9.17) is 0 Å². The van der Waals surface area contributed by atoms with Crippen molar-refractivity contribution in [3.63, 3.8) is 0 Å². The van der Waals surface area contributed by atoms with Crippen molar-refractivity contribution < 1.29 is 0 Å². The summed E-state index contributed by atoms with van der Waals surface area (Å²) in [4.78, 5) is 2.46. The topological polar surface area (TPSA) is 3.24 Å². The summed E-state index contributed by atoms with van der Waals surface area (Å²) < 4.78 is 5.74. The van der Waals surface area contributed by atoms with Crippen LogP contribution in [0.2, 0.25) is 13.0 Å². The molecule has 1 nitrogen and oxygen atoms in total. The molecule has 0 aromatic rings. The second-order valence-electron chi connectivity index (χ2n) is 4.31. The van der Waals surface area contributed by atoms with Crippen molar-refractivity contribution in [3.8, 4) is 0 Å². The Kier molecular flexibility index (Phi) is 9.99. The first kappa shape index (κ1) is 13.8. The van der Waals surface area contributed by atoms with Gasteiger partial charge in [0.25, 0.3) is 0 Å². The summed E-state index contributed by atoms with van der Waals surface area (Å²) in [5, 5.41) is 0. The van der Waals surface area contributed by atoms with Crippen molar-refractivity contribution in [2.24, 2.45) is 0 Å². The van der Waals surface area contributed by atoms with E-state index in [0.29, 0.717) is 0 Å². The average Bonchev–Trinajstić information content (AvgIpc) is 2.12. The number of nitrogens with zero attached hydrogens (tertiary/aromatic N) is 1. The van der Waals surface area contributed by atoms with Gasteiger partial charge >= 0.3 is 92.6 Å². The summed E-state index contributed by atoms with van der Waals surface area (Å²) in [5.74, 6) is 0. The normalized spacial score (nSPS) is 10.8. The number of rotatable bonds is 8. The van der Waals surface area contributed by atoms with E-state index in [0.717, 1.165) is 0 Å². The number of unbranched alkanes of at least 4 members (excludes halogenated alkanes) is 1. The van der Waals surface area contributed by atoms with Gasteiger partial charge in [-0.2, -0.15) is 0 Å². The first-order chi connectivity index (χ1) is 6.20. The Labute approximate surface area is 92.4 Å². The molecule has 0 atom stereocenters. The molecule has 0 saturated heterocycles. The van der Waals surface area contributed by atoms with Gasteiger partial charge in [0.15, 0.2) is 0 Å². The summed E-state index contributed by atoms with van der Waals surface area (Å²) >= 11 is -0.897. The van der Waals surface area contributed by atoms with Crippen LogP contribution in [-0.4, -0.2) is 46.5 Å². The van der Waals surface area contributed by atoms with Gasteiger partial charge in [0.2, 0.25) is 0 Å². The molecule has 0 spiro atoms. The molecule has 0 N–H and O–H groups in total. The van der Waals surface area contributed by atoms with E-state index in [-0.39, 0.29) is 0 Å². The molecule has 0 bridgehead atoms. The second-order valence-corrected chi connectivity index (χ2v) is 14.6. The maximum absolute atomic E-state index is 2.57. The van der Waals surface area contributed by atoms with Gasteiger partial charge in [-0.15, -0.1) is 0 Å². The van der Waals surface area contributed by atoms with Crippen LogP contribution < -0.4 is 0 Å². The molecule has 0 rings (SSSR count). The average molecular weight is 287 g/mol. The zero-order valence-corrected chi connectivity index (χ0v) is 13.3. The number of hydrogen-bond acceptors (Lipinski definition) is 1. The second kappa shape index (κ2) is 9.39. The molecule has 0 amide bonds. The fourth-order valence-corrected chi connectivity index (χ4v) is 5.55. The van der Waals surface area contributed by atoms with E-state index in [1.807, 2.05) is 0 Å². The molecular weight excluding hydrogens is 261 g/mol. The third kappa shape index (κ3) is 9.14. The van der Waals surface area contributed by atoms with Crippen molar-refractivity contribution >= 4 is 21.4 Å². The quantitative estimate of drug-likeness (QED) is 0.619. The molecular formula is C11H26InN. The van der Waals surface area contributed by atoms with Gasteiger partial charge in [-0.1, -0.05) is 0 Å². The Hall–Kier alpha value is 0.830. The molecule has 0 saturated carbocycles. The van der Waals surface area contributed by atoms with Crippen LogP contribution in [0.15, 0.2) is 0 Å². The SMILES string of the molecule is CCCN(C)CCC[CH2][In]([CH3])[CH2]C. The van der Waals surface area contributed by atoms with E-state index in [9.17, 15) is 0 Å². The summed E-state index contributed by atoms with van der Waals surface area (Å²) in [5.41, 5.74) is 0. The minimum absolute atomic E-state index is 0.897. The van der Waals surface area contributed by atoms with Gasteiger partial charge in [-0.05, 0) is 0 Å². The zero-order valence-electron chi connectivity index (χ0n) is 9.97. The summed E-state index contributed by atoms with van der Waals surface area (Å²) in [6, 6.07) is 0. The van der Waals surface area contributed by atoms with Crippen LogP contribution in [0.1, 0.15) is 33.1 Å². The first-order valence-corrected chi connectivity index (χ1v) is 13.8. The Balaban J connectivity index is 3.15. The van der Waals surface area contributed by atoms with Crippen molar-refractivity contribution in [3.05, 3.63) is 0 Å². The molecule has 0 aromatic carbocycles. The summed E-state index contributed by atoms with van der Waals surface area (Å²) in [7, 11) is 2.25. The molecule has 0 unspecified atom stereocenters. The standard InChI is InChI=1S/C8H18N.C2H5.CH3.In/c1-4-6-8-9(3)7-5-2;1-2;;/h1,4-8H2,2-3H3;1H2,2H3;1H3;. The first-order valence-electron chi connectivity index (χ1n) is 5.89. The van der Waals surface area contributed by atoms with E-state index < -0.39 is 21.4 Å². The van der Waals surface area contributed by atoms with Crippen LogP contribution in [0.3, 0.4) is 0 Å². The van der Waals surface area contributed by atoms with E-state index >= 15 is 0 Å². The predicted octanol–water partition coefficient (Wildman–Crippen LogP) is 3.25. The minimum atomic E-state index is -0.897. The molecule has 0 aromatic heterocycles. The third-order valence-electron chi connectivity index (χ3n) is 2.79. The third-order valence-corrected chi connectivity index (χ3v) is 10.7. The van der Waals surface area contributed by atoms with Crippen molar-refractivity contribution in [1.82, 2.24) is 4.90 Å². The molecule has 0 aliphatic heterocycles. The zero-order chi connectivity index (χ0) is 10.1. The van der Waals surface area contributed by atoms with Crippen molar-refractivity contribution in [2.75, 3.05) is 20.1 Å². The van der Waals surface area contributed by atoms with Crippen LogP contribution in [0.5, 0.6) is 0 Å². The Morgan fingerprint density at radius 3 is 2.31 bits per heavy atom. The number of hydrogen-bond donors (Lipinski definition) is 0. The predicted molar refractivity (Wildman–Crippen MR) is 63.9 cm³/mol. The monoisotopic (exact) mass is 287 g/mol. The molecule has 0 radical (unpaired) electrons. The van der Waals surface area contributed by atoms with Gasteiger partial charge < -0.3 is 0 Å². The van der Waals surface area contributed by atoms with Crippen molar-refractivity contribution in [1.29, 1.82) is 0 Å². The molecule has 13 heavy (non-hydrogen) atoms. The fourth-order valence-electron chi connectivity index (χ4n) is 1.57. The van der Waals surface area contributed by atoms with E-state index in [2.05, 4.69) is 30.5 Å². The van der Waals surface area contributed by atoms with E-state index in [1.165, 1.54) is 32.4 Å². The maximum atomic E-state index is 2.57. The van der Waals surface area contributed by atoms with Gasteiger partial charge in [0.1, 0.15) is 0 Å². The molecule has 2 heteroatoms. The molecule has 78 valence electrons. The van der Waals surface area contributed by atoms with Gasteiger partial charge in [-0.25, -0.2) is 0 Å². The molecule has 0 aliphatic rings. The fraction of sp³-hybridized carbons (Fsp3) is 1.00. The van der Waals surface area contributed by atoms with Crippen LogP contribution in [0.25, 0.3) is 0 Å². The molecule has 0 heterocycles. The Morgan fingerprint density at radius 2 is 1.77 bits per heavy atom. The molecule has 0 fully saturated rings. The Morgan fingerprint density at radius 1 is 1.08 bits per heavy atom. The van der Waals surface area contributed by atoms with Crippen molar-refractivity contribution in [2.45, 2.75) is 46.1 Å². The summed E-state index contributed by atoms with van der Waals surface area (Å²) in [6.45, 7) is 7.22. The van der Waals surface area contributed by atoms with Gasteiger partial charge in [0.05, 0.1) is 0 Å². The van der Waals surface area contributed by atoms with Crippen LogP contribution in [0.4, 0.5) is 0 Å².